The molecule has 0 saturated heterocycles. The molecule has 0 spiro atoms. The fraction of sp³-hybridized carbons (Fsp3) is 0.267. The lowest BCUT2D eigenvalue weighted by Crippen LogP contribution is -1.97. The van der Waals surface area contributed by atoms with E-state index in [9.17, 15) is 4.79 Å². The second-order valence-electron chi connectivity index (χ2n) is 4.10. The third-order valence-electron chi connectivity index (χ3n) is 2.70. The summed E-state index contributed by atoms with van der Waals surface area (Å²) < 4.78 is 5.11. The van der Waals surface area contributed by atoms with Gasteiger partial charge < -0.3 is 10.2 Å². The molecule has 0 aliphatic carbocycles. The van der Waals surface area contributed by atoms with E-state index in [1.165, 1.54) is 6.07 Å². The zero-order chi connectivity index (χ0) is 13.0. The van der Waals surface area contributed by atoms with Crippen molar-refractivity contribution in [1.82, 2.24) is 0 Å². The first kappa shape index (κ1) is 12.3. The van der Waals surface area contributed by atoms with Crippen LogP contribution in [-0.4, -0.2) is 0 Å². The summed E-state index contributed by atoms with van der Waals surface area (Å²) in [5, 5.41) is 0.790. The molecule has 0 saturated carbocycles. The molecule has 0 radical (unpaired) electrons. The van der Waals surface area contributed by atoms with Crippen molar-refractivity contribution in [2.24, 2.45) is 0 Å². The number of nitrogens with two attached hydrogens (primary N) is 1. The molecule has 0 fully saturated rings. The van der Waals surface area contributed by atoms with Crippen LogP contribution in [0.15, 0.2) is 33.5 Å². The normalized spacial score (nSPS) is 10.1. The lowest BCUT2D eigenvalue weighted by Gasteiger charge is -2.02. The van der Waals surface area contributed by atoms with Gasteiger partial charge in [-0.2, -0.15) is 0 Å². The van der Waals surface area contributed by atoms with Crippen LogP contribution in [0.2, 0.25) is 0 Å². The average Bonchev–Trinajstić information content (AvgIpc) is 2.37. The summed E-state index contributed by atoms with van der Waals surface area (Å²) >= 11 is 0. The molecule has 0 bridgehead atoms. The Morgan fingerprint density at radius 3 is 2.89 bits per heavy atom. The van der Waals surface area contributed by atoms with Crippen molar-refractivity contribution >= 4 is 16.7 Å². The van der Waals surface area contributed by atoms with Crippen LogP contribution < -0.4 is 11.4 Å². The van der Waals surface area contributed by atoms with Gasteiger partial charge in [0, 0.05) is 23.6 Å². The Labute approximate surface area is 106 Å². The first-order valence-corrected chi connectivity index (χ1v) is 6.03. The Hall–Kier alpha value is -2.21. The van der Waals surface area contributed by atoms with E-state index in [1.807, 2.05) is 0 Å². The molecule has 18 heavy (non-hydrogen) atoms. The molecule has 92 valence electrons. The second kappa shape index (κ2) is 5.42. The third kappa shape index (κ3) is 2.54. The van der Waals surface area contributed by atoms with Crippen molar-refractivity contribution in [2.45, 2.75) is 26.2 Å². The van der Waals surface area contributed by atoms with E-state index < -0.39 is 0 Å². The van der Waals surface area contributed by atoms with Gasteiger partial charge in [0.15, 0.2) is 0 Å². The highest BCUT2D eigenvalue weighted by Crippen LogP contribution is 2.22. The van der Waals surface area contributed by atoms with E-state index in [-0.39, 0.29) is 5.63 Å². The van der Waals surface area contributed by atoms with Crippen LogP contribution in [-0.2, 0) is 0 Å². The summed E-state index contributed by atoms with van der Waals surface area (Å²) in [6, 6.07) is 6.51. The predicted molar refractivity (Wildman–Crippen MR) is 73.3 cm³/mol. The highest BCUT2D eigenvalue weighted by atomic mass is 16.4. The molecule has 0 aliphatic heterocycles. The molecule has 1 aromatic heterocycles. The summed E-state index contributed by atoms with van der Waals surface area (Å²) in [6.45, 7) is 2.13. The summed E-state index contributed by atoms with van der Waals surface area (Å²) in [4.78, 5) is 11.1. The smallest absolute Gasteiger partial charge is 0.336 e. The lowest BCUT2D eigenvalue weighted by atomic mass is 10.1. The molecule has 1 heterocycles. The van der Waals surface area contributed by atoms with Gasteiger partial charge in [-0.15, -0.1) is 0 Å². The van der Waals surface area contributed by atoms with E-state index in [2.05, 4.69) is 18.8 Å². The molecule has 2 N–H and O–H groups in total. The van der Waals surface area contributed by atoms with Crippen molar-refractivity contribution in [1.29, 1.82) is 0 Å². The number of unbranched alkanes of at least 4 members (excludes halogenated alkanes) is 2. The number of hydrogen-bond donors (Lipinski definition) is 1. The third-order valence-corrected chi connectivity index (χ3v) is 2.70. The molecule has 0 amide bonds. The largest absolute Gasteiger partial charge is 0.423 e. The molecule has 0 unspecified atom stereocenters. The van der Waals surface area contributed by atoms with Crippen LogP contribution in [0.1, 0.15) is 31.7 Å². The molecule has 3 heteroatoms. The first-order chi connectivity index (χ1) is 8.72. The van der Waals surface area contributed by atoms with Gasteiger partial charge >= 0.3 is 5.63 Å². The Bertz CT molecular complexity index is 674. The number of hydrogen-bond acceptors (Lipinski definition) is 3. The minimum Gasteiger partial charge on any atom is -0.423 e. The molecule has 0 atom stereocenters. The van der Waals surface area contributed by atoms with E-state index in [0.717, 1.165) is 30.2 Å². The fourth-order valence-electron chi connectivity index (χ4n) is 1.72. The van der Waals surface area contributed by atoms with Crippen LogP contribution >= 0.6 is 0 Å². The van der Waals surface area contributed by atoms with Gasteiger partial charge in [-0.05, 0) is 24.6 Å². The van der Waals surface area contributed by atoms with Gasteiger partial charge in [-0.1, -0.05) is 25.2 Å². The van der Waals surface area contributed by atoms with Crippen molar-refractivity contribution in [2.75, 3.05) is 5.73 Å². The van der Waals surface area contributed by atoms with Gasteiger partial charge in [0.05, 0.1) is 5.56 Å². The summed E-state index contributed by atoms with van der Waals surface area (Å²) in [6.07, 6.45) is 3.05. The Morgan fingerprint density at radius 2 is 2.11 bits per heavy atom. The van der Waals surface area contributed by atoms with E-state index >= 15 is 0 Å². The van der Waals surface area contributed by atoms with Crippen molar-refractivity contribution in [3.8, 4) is 11.8 Å². The fourth-order valence-corrected chi connectivity index (χ4v) is 1.72. The highest BCUT2D eigenvalue weighted by Gasteiger charge is 2.04. The summed E-state index contributed by atoms with van der Waals surface area (Å²) in [7, 11) is 0. The standard InChI is InChI=1S/C15H15NO2/c1-2-3-4-5-6-11-12-7-10-15(17)18-14(12)9-8-13(11)16/h7-10H,2-4,16H2,1H3. The van der Waals surface area contributed by atoms with Crippen LogP contribution in [0.4, 0.5) is 5.69 Å². The molecular formula is C15H15NO2. The Kier molecular flexibility index (Phi) is 3.69. The molecule has 2 aromatic rings. The number of rotatable bonds is 2. The van der Waals surface area contributed by atoms with Crippen LogP contribution in [0.5, 0.6) is 0 Å². The van der Waals surface area contributed by atoms with Gasteiger partial charge in [-0.25, -0.2) is 4.79 Å². The number of anilines is 1. The van der Waals surface area contributed by atoms with Crippen molar-refractivity contribution in [3.63, 3.8) is 0 Å². The first-order valence-electron chi connectivity index (χ1n) is 6.03. The lowest BCUT2D eigenvalue weighted by molar-refractivity contribution is 0.561. The van der Waals surface area contributed by atoms with Gasteiger partial charge in [-0.3, -0.25) is 0 Å². The maximum Gasteiger partial charge on any atom is 0.336 e. The van der Waals surface area contributed by atoms with Crippen molar-refractivity contribution in [3.05, 3.63) is 40.2 Å². The molecular weight excluding hydrogens is 226 g/mol. The maximum absolute atomic E-state index is 11.1. The van der Waals surface area contributed by atoms with Gasteiger partial charge in [0.25, 0.3) is 0 Å². The Morgan fingerprint density at radius 1 is 1.28 bits per heavy atom. The molecule has 0 aliphatic rings. The van der Waals surface area contributed by atoms with Crippen molar-refractivity contribution < 1.29 is 4.42 Å². The topological polar surface area (TPSA) is 56.2 Å². The maximum atomic E-state index is 11.1. The second-order valence-corrected chi connectivity index (χ2v) is 4.10. The molecule has 3 nitrogen and oxygen atoms in total. The SMILES string of the molecule is CCCCC#Cc1c(N)ccc2oc(=O)ccc12. The number of benzene rings is 1. The van der Waals surface area contributed by atoms with Crippen LogP contribution in [0, 0.1) is 11.8 Å². The average molecular weight is 241 g/mol. The van der Waals surface area contributed by atoms with Gasteiger partial charge in [0.2, 0.25) is 0 Å². The van der Waals surface area contributed by atoms with E-state index in [4.69, 9.17) is 10.2 Å². The van der Waals surface area contributed by atoms with Crippen LogP contribution in [0.3, 0.4) is 0 Å². The van der Waals surface area contributed by atoms with Crippen LogP contribution in [0.25, 0.3) is 11.0 Å². The summed E-state index contributed by atoms with van der Waals surface area (Å²) in [5.41, 5.74) is 7.43. The Balaban J connectivity index is 2.50. The molecule has 1 aromatic carbocycles. The zero-order valence-electron chi connectivity index (χ0n) is 10.3. The summed E-state index contributed by atoms with van der Waals surface area (Å²) in [5.74, 6) is 6.17. The zero-order valence-corrected chi connectivity index (χ0v) is 10.3. The number of fused-ring (bicyclic) bond motifs is 1. The van der Waals surface area contributed by atoms with E-state index in [1.54, 1.807) is 18.2 Å². The highest BCUT2D eigenvalue weighted by molar-refractivity contribution is 5.88. The minimum atomic E-state index is -0.364. The minimum absolute atomic E-state index is 0.364. The monoisotopic (exact) mass is 241 g/mol. The number of nitrogen functional groups attached to an aromatic ring is 1. The quantitative estimate of drug-likeness (QED) is 0.380. The predicted octanol–water partition coefficient (Wildman–Crippen LogP) is 2.92. The van der Waals surface area contributed by atoms with Gasteiger partial charge in [0.1, 0.15) is 5.58 Å². The van der Waals surface area contributed by atoms with E-state index in [0.29, 0.717) is 11.3 Å². The molecule has 2 rings (SSSR count).